The van der Waals surface area contributed by atoms with Crippen molar-refractivity contribution in [2.24, 2.45) is 11.3 Å². The van der Waals surface area contributed by atoms with E-state index in [1.54, 1.807) is 24.3 Å². The Balaban J connectivity index is 1.28. The lowest BCUT2D eigenvalue weighted by Crippen LogP contribution is -2.53. The molecule has 0 bridgehead atoms. The van der Waals surface area contributed by atoms with Gasteiger partial charge in [-0.2, -0.15) is 4.31 Å². The molecule has 1 aromatic heterocycles. The normalized spacial score (nSPS) is 23.2. The molecule has 4 aliphatic rings. The Morgan fingerprint density at radius 2 is 1.93 bits per heavy atom. The number of nitrogens with one attached hydrogen (secondary N) is 2. The number of allylic oxidation sites excluding steroid dienone is 2. The Morgan fingerprint density at radius 1 is 1.16 bits per heavy atom. The summed E-state index contributed by atoms with van der Waals surface area (Å²) in [6.07, 6.45) is 7.95. The van der Waals surface area contributed by atoms with E-state index in [1.165, 1.54) is 28.8 Å². The molecule has 43 heavy (non-hydrogen) atoms. The molecule has 3 fully saturated rings. The lowest BCUT2D eigenvalue weighted by atomic mass is 9.68. The number of hydrogen-bond donors (Lipinski definition) is 2. The van der Waals surface area contributed by atoms with Crippen LogP contribution in [0.1, 0.15) is 32.1 Å². The van der Waals surface area contributed by atoms with E-state index in [0.717, 1.165) is 24.8 Å². The van der Waals surface area contributed by atoms with Crippen LogP contribution < -0.4 is 10.2 Å². The second-order valence-corrected chi connectivity index (χ2v) is 13.5. The Kier molecular flexibility index (Phi) is 8.34. The van der Waals surface area contributed by atoms with Gasteiger partial charge in [0.15, 0.2) is 0 Å². The highest BCUT2D eigenvalue weighted by molar-refractivity contribution is 7.89. The quantitative estimate of drug-likeness (QED) is 0.321. The number of pyridine rings is 1. The zero-order valence-corrected chi connectivity index (χ0v) is 24.7. The van der Waals surface area contributed by atoms with Crippen molar-refractivity contribution in [3.63, 3.8) is 0 Å². The molecule has 3 heterocycles. The minimum atomic E-state index is -3.98. The van der Waals surface area contributed by atoms with E-state index in [4.69, 9.17) is 14.9 Å². The first kappa shape index (κ1) is 29.5. The summed E-state index contributed by atoms with van der Waals surface area (Å²) in [5, 5.41) is 11.4. The highest BCUT2D eigenvalue weighted by atomic mass is 32.2. The number of esters is 1. The average Bonchev–Trinajstić information content (AvgIpc) is 3.01. The fourth-order valence-electron chi connectivity index (χ4n) is 6.08. The minimum Gasteiger partial charge on any atom is -0.465 e. The lowest BCUT2D eigenvalue weighted by molar-refractivity contribution is -0.157. The summed E-state index contributed by atoms with van der Waals surface area (Å²) in [6.45, 7) is 2.95. The predicted molar refractivity (Wildman–Crippen MR) is 160 cm³/mol. The third-order valence-electron chi connectivity index (χ3n) is 8.90. The highest BCUT2D eigenvalue weighted by Crippen LogP contribution is 2.47. The first-order valence-corrected chi connectivity index (χ1v) is 16.2. The summed E-state index contributed by atoms with van der Waals surface area (Å²) in [5.74, 6) is 0.189. The number of ether oxygens (including phenoxy) is 2. The molecule has 1 aromatic carbocycles. The van der Waals surface area contributed by atoms with Crippen LogP contribution in [0.3, 0.4) is 0 Å². The molecule has 0 amide bonds. The van der Waals surface area contributed by atoms with Gasteiger partial charge in [-0.25, -0.2) is 17.8 Å². The van der Waals surface area contributed by atoms with Crippen molar-refractivity contribution in [1.29, 1.82) is 5.41 Å². The maximum Gasteiger partial charge on any atom is 0.317 e. The van der Waals surface area contributed by atoms with Crippen LogP contribution in [-0.2, 0) is 24.3 Å². The van der Waals surface area contributed by atoms with Gasteiger partial charge in [0.2, 0.25) is 10.0 Å². The number of fused-ring (bicyclic) bond motifs is 1. The largest absolute Gasteiger partial charge is 0.465 e. The topological polar surface area (TPSA) is 125 Å². The van der Waals surface area contributed by atoms with E-state index in [-0.39, 0.29) is 30.2 Å². The molecular weight excluding hydrogens is 573 g/mol. The summed E-state index contributed by atoms with van der Waals surface area (Å²) in [6, 6.07) is 9.16. The van der Waals surface area contributed by atoms with Crippen LogP contribution in [0.15, 0.2) is 70.4 Å². The number of carbonyl (C=O) groups is 1. The fourth-order valence-corrected chi connectivity index (χ4v) is 7.53. The molecule has 2 aliphatic heterocycles. The van der Waals surface area contributed by atoms with E-state index in [2.05, 4.69) is 15.2 Å². The number of nitrogens with zero attached hydrogens (tertiary/aromatic N) is 3. The zero-order chi connectivity index (χ0) is 30.0. The van der Waals surface area contributed by atoms with Crippen LogP contribution in [0.4, 0.5) is 15.9 Å². The van der Waals surface area contributed by atoms with Crippen LogP contribution in [0.5, 0.6) is 0 Å². The molecule has 1 atom stereocenters. The third kappa shape index (κ3) is 5.96. The number of morpholine rings is 1. The van der Waals surface area contributed by atoms with E-state index in [9.17, 15) is 17.6 Å². The molecule has 12 heteroatoms. The molecule has 0 radical (unpaired) electrons. The number of anilines is 2. The van der Waals surface area contributed by atoms with Crippen molar-refractivity contribution in [3.8, 4) is 0 Å². The van der Waals surface area contributed by atoms with Crippen LogP contribution in [0.25, 0.3) is 0 Å². The minimum absolute atomic E-state index is 0.0622. The van der Waals surface area contributed by atoms with Crippen molar-refractivity contribution in [1.82, 2.24) is 9.29 Å². The molecule has 6 rings (SSSR count). The Bertz CT molecular complexity index is 1530. The monoisotopic (exact) mass is 609 g/mol. The molecule has 1 saturated carbocycles. The number of carbonyl (C=O) groups excluding carboxylic acids is 1. The second kappa shape index (κ2) is 12.2. The number of sulfonamides is 1. The van der Waals surface area contributed by atoms with Crippen LogP contribution >= 0.6 is 0 Å². The number of rotatable bonds is 9. The van der Waals surface area contributed by atoms with Gasteiger partial charge >= 0.3 is 5.97 Å². The second-order valence-electron chi connectivity index (χ2n) is 11.6. The van der Waals surface area contributed by atoms with Gasteiger partial charge in [0.1, 0.15) is 21.9 Å². The molecule has 0 unspecified atom stereocenters. The maximum atomic E-state index is 13.9. The average molecular weight is 610 g/mol. The Morgan fingerprint density at radius 3 is 2.58 bits per heavy atom. The number of hydrogen-bond acceptors (Lipinski definition) is 9. The predicted octanol–water partition coefficient (Wildman–Crippen LogP) is 4.13. The van der Waals surface area contributed by atoms with Gasteiger partial charge in [0, 0.05) is 50.0 Å². The van der Waals surface area contributed by atoms with Gasteiger partial charge in [-0.3, -0.25) is 4.79 Å². The fraction of sp³-hybridized carbons (Fsp3) is 0.452. The summed E-state index contributed by atoms with van der Waals surface area (Å²) in [5.41, 5.74) is 1.29. The molecule has 228 valence electrons. The van der Waals surface area contributed by atoms with Gasteiger partial charge in [0.05, 0.1) is 19.8 Å². The van der Waals surface area contributed by atoms with Gasteiger partial charge < -0.3 is 25.1 Å². The van der Waals surface area contributed by atoms with Gasteiger partial charge in [-0.05, 0) is 85.2 Å². The molecular formula is C31H36FN5O5S. The summed E-state index contributed by atoms with van der Waals surface area (Å²) in [4.78, 5) is 20.5. The van der Waals surface area contributed by atoms with Crippen molar-refractivity contribution >= 4 is 33.7 Å². The first-order chi connectivity index (χ1) is 20.8. The third-order valence-corrected chi connectivity index (χ3v) is 10.7. The van der Waals surface area contributed by atoms with E-state index < -0.39 is 21.4 Å². The summed E-state index contributed by atoms with van der Waals surface area (Å²) >= 11 is 0. The number of piperidine rings is 1. The molecule has 2 aromatic rings. The molecule has 2 N–H and O–H groups in total. The van der Waals surface area contributed by atoms with E-state index >= 15 is 0 Å². The van der Waals surface area contributed by atoms with Gasteiger partial charge in [-0.1, -0.05) is 6.42 Å². The zero-order valence-electron chi connectivity index (χ0n) is 23.9. The van der Waals surface area contributed by atoms with E-state index in [0.29, 0.717) is 68.0 Å². The maximum absolute atomic E-state index is 13.9. The van der Waals surface area contributed by atoms with Crippen molar-refractivity contribution < 1.29 is 27.1 Å². The van der Waals surface area contributed by atoms with Crippen LogP contribution in [-0.4, -0.2) is 75.9 Å². The number of benzene rings is 1. The van der Waals surface area contributed by atoms with Crippen molar-refractivity contribution in [3.05, 3.63) is 71.3 Å². The highest BCUT2D eigenvalue weighted by Gasteiger charge is 2.52. The smallest absolute Gasteiger partial charge is 0.317 e. The van der Waals surface area contributed by atoms with E-state index in [1.807, 2.05) is 6.08 Å². The lowest BCUT2D eigenvalue weighted by Gasteiger charge is -2.45. The van der Waals surface area contributed by atoms with Gasteiger partial charge in [0.25, 0.3) is 0 Å². The van der Waals surface area contributed by atoms with Crippen LogP contribution in [0.2, 0.25) is 0 Å². The number of aromatic nitrogens is 1. The molecule has 0 spiro atoms. The first-order valence-electron chi connectivity index (χ1n) is 14.7. The summed E-state index contributed by atoms with van der Waals surface area (Å²) < 4.78 is 53.9. The summed E-state index contributed by atoms with van der Waals surface area (Å²) in [7, 11) is -3.98. The SMILES string of the molecule is N=CC1=C(Nc2ccc(F)cc2)C=C2CCN(S(=O)(=O)c3ccc(N4CCOCC4)nc3)C[C@@]2(C(=O)OCC2CCC2)C1. The molecule has 10 nitrogen and oxygen atoms in total. The van der Waals surface area contributed by atoms with Crippen molar-refractivity contribution in [2.45, 2.75) is 37.0 Å². The molecule has 2 aliphatic carbocycles. The van der Waals surface area contributed by atoms with Crippen molar-refractivity contribution in [2.75, 3.05) is 56.2 Å². The molecule has 2 saturated heterocycles. The Hall–Kier alpha value is -3.61. The number of halogens is 1. The standard InChI is InChI=1S/C31H36FN5O5S/c32-25-4-6-26(7-5-25)35-28-16-24-10-11-37(21-31(24,17-23(28)18-33)30(38)42-20-22-2-1-3-22)43(39,40)27-8-9-29(34-19-27)36-12-14-41-15-13-36/h4-9,16,18-19,22,33,35H,1-3,10-15,17,20-21H2/t31-/m0/s1. The Labute approximate surface area is 251 Å². The van der Waals surface area contributed by atoms with Gasteiger partial charge in [-0.15, -0.1) is 0 Å². The van der Waals surface area contributed by atoms with Crippen LogP contribution in [0, 0.1) is 22.6 Å².